The number of hydrogen-bond donors (Lipinski definition) is 1. The summed E-state index contributed by atoms with van der Waals surface area (Å²) in [5.41, 5.74) is 3.30. The molecule has 0 atom stereocenters. The number of benzene rings is 2. The highest BCUT2D eigenvalue weighted by Crippen LogP contribution is 2.23. The fraction of sp³-hybridized carbons (Fsp3) is 0.133. The molecule has 3 rings (SSSR count). The number of anilines is 1. The molecule has 2 aromatic carbocycles. The minimum atomic E-state index is -0.345. The van der Waals surface area contributed by atoms with Crippen LogP contribution in [0.25, 0.3) is 11.1 Å². The maximum atomic E-state index is 12.1. The highest BCUT2D eigenvalue weighted by atomic mass is 79.9. The number of halogens is 1. The van der Waals surface area contributed by atoms with Gasteiger partial charge in [-0.2, -0.15) is 0 Å². The summed E-state index contributed by atoms with van der Waals surface area (Å²) in [6.45, 7) is 0.476. The van der Waals surface area contributed by atoms with Gasteiger partial charge in [0.2, 0.25) is 0 Å². The molecule has 0 radical (unpaired) electrons. The molecule has 0 spiro atoms. The lowest BCUT2D eigenvalue weighted by Gasteiger charge is -2.07. The Labute approximate surface area is 124 Å². The van der Waals surface area contributed by atoms with E-state index in [0.717, 1.165) is 21.2 Å². The third kappa shape index (κ3) is 2.25. The van der Waals surface area contributed by atoms with Crippen LogP contribution >= 0.6 is 15.9 Å². The van der Waals surface area contributed by atoms with Crippen LogP contribution in [-0.4, -0.2) is 11.6 Å². The summed E-state index contributed by atoms with van der Waals surface area (Å²) in [6, 6.07) is 13.5. The van der Waals surface area contributed by atoms with E-state index in [4.69, 9.17) is 4.42 Å². The molecule has 3 aromatic rings. The van der Waals surface area contributed by atoms with Gasteiger partial charge in [-0.25, -0.2) is 4.79 Å². The van der Waals surface area contributed by atoms with E-state index in [1.807, 2.05) is 43.4 Å². The molecule has 0 aliphatic heterocycles. The second kappa shape index (κ2) is 5.17. The molecular formula is C15H13BrN2O2. The van der Waals surface area contributed by atoms with Gasteiger partial charge in [0.15, 0.2) is 5.58 Å². The second-order valence-corrected chi connectivity index (χ2v) is 5.40. The Morgan fingerprint density at radius 2 is 2.05 bits per heavy atom. The molecule has 1 heterocycles. The van der Waals surface area contributed by atoms with E-state index in [2.05, 4.69) is 21.2 Å². The van der Waals surface area contributed by atoms with E-state index in [1.165, 1.54) is 0 Å². The zero-order chi connectivity index (χ0) is 14.1. The first-order chi connectivity index (χ1) is 9.69. The first-order valence-corrected chi connectivity index (χ1v) is 7.03. The average molecular weight is 333 g/mol. The summed E-state index contributed by atoms with van der Waals surface area (Å²) in [5, 5.41) is 3.09. The van der Waals surface area contributed by atoms with Crippen molar-refractivity contribution in [3.63, 3.8) is 0 Å². The van der Waals surface area contributed by atoms with Crippen molar-refractivity contribution in [1.82, 2.24) is 4.57 Å². The predicted molar refractivity (Wildman–Crippen MR) is 83.3 cm³/mol. The molecule has 20 heavy (non-hydrogen) atoms. The number of hydrogen-bond acceptors (Lipinski definition) is 3. The minimum Gasteiger partial charge on any atom is -0.408 e. The predicted octanol–water partition coefficient (Wildman–Crippen LogP) is 3.45. The van der Waals surface area contributed by atoms with E-state index in [0.29, 0.717) is 12.1 Å². The Hall–Kier alpha value is -2.01. The van der Waals surface area contributed by atoms with Gasteiger partial charge in [-0.1, -0.05) is 34.1 Å². The summed E-state index contributed by atoms with van der Waals surface area (Å²) < 4.78 is 7.93. The van der Waals surface area contributed by atoms with Crippen molar-refractivity contribution in [3.8, 4) is 0 Å². The Morgan fingerprint density at radius 1 is 1.25 bits per heavy atom. The SMILES string of the molecule is CNc1cccc2oc(=O)n(Cc3cccc(Br)c3)c12. The minimum absolute atomic E-state index is 0.345. The Morgan fingerprint density at radius 3 is 2.80 bits per heavy atom. The van der Waals surface area contributed by atoms with E-state index in [9.17, 15) is 4.79 Å². The van der Waals surface area contributed by atoms with Gasteiger partial charge in [-0.05, 0) is 29.8 Å². The number of nitrogens with one attached hydrogen (secondary N) is 1. The third-order valence-electron chi connectivity index (χ3n) is 3.19. The molecule has 0 saturated carbocycles. The maximum Gasteiger partial charge on any atom is 0.420 e. The van der Waals surface area contributed by atoms with Crippen molar-refractivity contribution in [2.75, 3.05) is 12.4 Å². The molecule has 0 saturated heterocycles. The lowest BCUT2D eigenvalue weighted by atomic mass is 10.2. The van der Waals surface area contributed by atoms with Crippen molar-refractivity contribution < 1.29 is 4.42 Å². The van der Waals surface area contributed by atoms with Gasteiger partial charge in [0.05, 0.1) is 12.2 Å². The average Bonchev–Trinajstić information content (AvgIpc) is 2.75. The first kappa shape index (κ1) is 13.0. The Bertz CT molecular complexity index is 820. The van der Waals surface area contributed by atoms with Crippen LogP contribution in [0.2, 0.25) is 0 Å². The van der Waals surface area contributed by atoms with E-state index >= 15 is 0 Å². The summed E-state index contributed by atoms with van der Waals surface area (Å²) in [6.07, 6.45) is 0. The summed E-state index contributed by atoms with van der Waals surface area (Å²) in [7, 11) is 1.83. The number of fused-ring (bicyclic) bond motifs is 1. The standard InChI is InChI=1S/C15H13BrN2O2/c1-17-12-6-3-7-13-14(12)18(15(19)20-13)9-10-4-2-5-11(16)8-10/h2-8,17H,9H2,1H3. The summed E-state index contributed by atoms with van der Waals surface area (Å²) in [4.78, 5) is 12.1. The van der Waals surface area contributed by atoms with Crippen LogP contribution in [0.3, 0.4) is 0 Å². The molecule has 102 valence electrons. The number of rotatable bonds is 3. The van der Waals surface area contributed by atoms with Gasteiger partial charge < -0.3 is 9.73 Å². The van der Waals surface area contributed by atoms with Gasteiger partial charge in [0, 0.05) is 11.5 Å². The molecule has 0 bridgehead atoms. The lowest BCUT2D eigenvalue weighted by molar-refractivity contribution is 0.517. The molecule has 0 aliphatic rings. The van der Waals surface area contributed by atoms with Crippen LogP contribution in [0.15, 0.2) is 56.1 Å². The molecule has 0 aliphatic carbocycles. The summed E-state index contributed by atoms with van der Waals surface area (Å²) in [5.74, 6) is -0.345. The van der Waals surface area contributed by atoms with E-state index in [1.54, 1.807) is 10.6 Å². The zero-order valence-corrected chi connectivity index (χ0v) is 12.5. The molecule has 0 unspecified atom stereocenters. The Kier molecular flexibility index (Phi) is 3.36. The molecule has 0 amide bonds. The quantitative estimate of drug-likeness (QED) is 0.799. The Balaban J connectivity index is 2.16. The molecule has 1 aromatic heterocycles. The molecule has 0 fully saturated rings. The molecule has 5 heteroatoms. The van der Waals surface area contributed by atoms with Crippen LogP contribution in [0.4, 0.5) is 5.69 Å². The van der Waals surface area contributed by atoms with Crippen LogP contribution in [0.1, 0.15) is 5.56 Å². The smallest absolute Gasteiger partial charge is 0.408 e. The highest BCUT2D eigenvalue weighted by Gasteiger charge is 2.12. The van der Waals surface area contributed by atoms with Crippen LogP contribution < -0.4 is 11.1 Å². The van der Waals surface area contributed by atoms with Crippen molar-refractivity contribution >= 4 is 32.7 Å². The third-order valence-corrected chi connectivity index (χ3v) is 3.68. The van der Waals surface area contributed by atoms with Crippen molar-refractivity contribution in [2.45, 2.75) is 6.54 Å². The zero-order valence-electron chi connectivity index (χ0n) is 10.9. The van der Waals surface area contributed by atoms with Gasteiger partial charge in [-0.3, -0.25) is 4.57 Å². The van der Waals surface area contributed by atoms with Crippen LogP contribution in [-0.2, 0) is 6.54 Å². The number of para-hydroxylation sites is 1. The van der Waals surface area contributed by atoms with E-state index in [-0.39, 0.29) is 5.76 Å². The summed E-state index contributed by atoms with van der Waals surface area (Å²) >= 11 is 3.44. The largest absolute Gasteiger partial charge is 0.420 e. The maximum absolute atomic E-state index is 12.1. The second-order valence-electron chi connectivity index (χ2n) is 4.49. The molecule has 1 N–H and O–H groups in total. The molecular weight excluding hydrogens is 320 g/mol. The topological polar surface area (TPSA) is 47.2 Å². The van der Waals surface area contributed by atoms with Gasteiger partial charge >= 0.3 is 5.76 Å². The van der Waals surface area contributed by atoms with Crippen molar-refractivity contribution in [1.29, 1.82) is 0 Å². The number of nitrogens with zero attached hydrogens (tertiary/aromatic N) is 1. The van der Waals surface area contributed by atoms with Crippen LogP contribution in [0.5, 0.6) is 0 Å². The van der Waals surface area contributed by atoms with Gasteiger partial charge in [-0.15, -0.1) is 0 Å². The van der Waals surface area contributed by atoms with Crippen molar-refractivity contribution in [3.05, 3.63) is 63.1 Å². The fourth-order valence-electron chi connectivity index (χ4n) is 2.29. The van der Waals surface area contributed by atoms with Crippen molar-refractivity contribution in [2.24, 2.45) is 0 Å². The highest BCUT2D eigenvalue weighted by molar-refractivity contribution is 9.10. The van der Waals surface area contributed by atoms with Gasteiger partial charge in [0.1, 0.15) is 5.52 Å². The number of aromatic nitrogens is 1. The van der Waals surface area contributed by atoms with Crippen LogP contribution in [0, 0.1) is 0 Å². The van der Waals surface area contributed by atoms with Gasteiger partial charge in [0.25, 0.3) is 0 Å². The lowest BCUT2D eigenvalue weighted by Crippen LogP contribution is -2.15. The monoisotopic (exact) mass is 332 g/mol. The van der Waals surface area contributed by atoms with E-state index < -0.39 is 0 Å². The first-order valence-electron chi connectivity index (χ1n) is 6.23. The number of oxazole rings is 1. The molecule has 4 nitrogen and oxygen atoms in total. The fourth-order valence-corrected chi connectivity index (χ4v) is 2.73. The normalized spacial score (nSPS) is 10.9.